The monoisotopic (exact) mass is 230 g/mol. The average Bonchev–Trinajstić information content (AvgIpc) is 2.93. The number of esters is 1. The molecule has 1 aromatic rings. The first-order valence-electron chi connectivity index (χ1n) is 5.98. The van der Waals surface area contributed by atoms with Crippen molar-refractivity contribution in [3.05, 3.63) is 29.8 Å². The Morgan fingerprint density at radius 2 is 2.00 bits per heavy atom. The zero-order valence-electron chi connectivity index (χ0n) is 9.68. The molecule has 0 amide bonds. The molecule has 3 heteroatoms. The van der Waals surface area contributed by atoms with Crippen LogP contribution in [0.2, 0.25) is 0 Å². The van der Waals surface area contributed by atoms with Gasteiger partial charge in [-0.3, -0.25) is 9.59 Å². The molecule has 0 heterocycles. The lowest BCUT2D eigenvalue weighted by molar-refractivity contribution is -0.138. The molecule has 3 rings (SSSR count). The topological polar surface area (TPSA) is 43.4 Å². The summed E-state index contributed by atoms with van der Waals surface area (Å²) in [4.78, 5) is 23.3. The quantitative estimate of drug-likeness (QED) is 0.577. The van der Waals surface area contributed by atoms with E-state index >= 15 is 0 Å². The molecule has 3 unspecified atom stereocenters. The van der Waals surface area contributed by atoms with E-state index in [0.717, 1.165) is 12.0 Å². The average molecular weight is 230 g/mol. The van der Waals surface area contributed by atoms with Gasteiger partial charge in [0.2, 0.25) is 0 Å². The third-order valence-corrected chi connectivity index (χ3v) is 3.78. The molecule has 0 N–H and O–H groups in total. The van der Waals surface area contributed by atoms with E-state index in [-0.39, 0.29) is 29.5 Å². The van der Waals surface area contributed by atoms with Crippen LogP contribution in [0.4, 0.5) is 0 Å². The smallest absolute Gasteiger partial charge is 0.315 e. The van der Waals surface area contributed by atoms with Crippen molar-refractivity contribution in [3.8, 4) is 5.75 Å². The second-order valence-electron chi connectivity index (χ2n) is 4.95. The number of ether oxygens (including phenoxy) is 1. The van der Waals surface area contributed by atoms with Crippen LogP contribution in [0.15, 0.2) is 24.3 Å². The first kappa shape index (κ1) is 10.5. The molecule has 2 saturated carbocycles. The van der Waals surface area contributed by atoms with Crippen LogP contribution in [0.5, 0.6) is 5.75 Å². The second kappa shape index (κ2) is 3.69. The molecule has 0 spiro atoms. The fraction of sp³-hybridized carbons (Fsp3) is 0.429. The Morgan fingerprint density at radius 1 is 1.29 bits per heavy atom. The lowest BCUT2D eigenvalue weighted by Gasteiger charge is -2.05. The number of ketones is 1. The number of hydrogen-bond donors (Lipinski definition) is 0. The summed E-state index contributed by atoms with van der Waals surface area (Å²) in [6.07, 6.45) is 1.50. The van der Waals surface area contributed by atoms with E-state index in [1.807, 2.05) is 19.1 Å². The summed E-state index contributed by atoms with van der Waals surface area (Å²) < 4.78 is 5.29. The minimum Gasteiger partial charge on any atom is -0.426 e. The maximum absolute atomic E-state index is 11.8. The highest BCUT2D eigenvalue weighted by molar-refractivity contribution is 5.95. The molecule has 0 bridgehead atoms. The maximum atomic E-state index is 11.8. The van der Waals surface area contributed by atoms with Crippen LogP contribution in [0, 0.1) is 24.7 Å². The van der Waals surface area contributed by atoms with Crippen molar-refractivity contribution in [2.24, 2.45) is 17.8 Å². The Kier molecular flexibility index (Phi) is 2.28. The molecule has 2 aliphatic rings. The van der Waals surface area contributed by atoms with Crippen molar-refractivity contribution in [2.45, 2.75) is 19.8 Å². The lowest BCUT2D eigenvalue weighted by atomic mass is 10.1. The van der Waals surface area contributed by atoms with Crippen LogP contribution < -0.4 is 4.74 Å². The van der Waals surface area contributed by atoms with Gasteiger partial charge >= 0.3 is 5.97 Å². The number of carbonyl (C=O) groups is 2. The Labute approximate surface area is 99.8 Å². The zero-order valence-corrected chi connectivity index (χ0v) is 9.68. The van der Waals surface area contributed by atoms with Gasteiger partial charge in [0, 0.05) is 12.3 Å². The Morgan fingerprint density at radius 3 is 2.59 bits per heavy atom. The minimum atomic E-state index is -0.239. The predicted molar refractivity (Wildman–Crippen MR) is 61.5 cm³/mol. The van der Waals surface area contributed by atoms with Gasteiger partial charge in [0.15, 0.2) is 0 Å². The van der Waals surface area contributed by atoms with Crippen molar-refractivity contribution in [3.63, 3.8) is 0 Å². The molecule has 3 atom stereocenters. The highest BCUT2D eigenvalue weighted by atomic mass is 16.5. The van der Waals surface area contributed by atoms with Crippen LogP contribution in [0.25, 0.3) is 0 Å². The van der Waals surface area contributed by atoms with E-state index in [0.29, 0.717) is 12.2 Å². The Balaban J connectivity index is 1.65. The number of carbonyl (C=O) groups excluding carboxylic acids is 2. The second-order valence-corrected chi connectivity index (χ2v) is 4.95. The molecule has 1 aromatic carbocycles. The third kappa shape index (κ3) is 1.75. The molecule has 0 saturated heterocycles. The molecule has 2 fully saturated rings. The van der Waals surface area contributed by atoms with Gasteiger partial charge in [0.1, 0.15) is 11.5 Å². The molecule has 0 aliphatic heterocycles. The van der Waals surface area contributed by atoms with Crippen molar-refractivity contribution in [1.82, 2.24) is 0 Å². The number of benzene rings is 1. The van der Waals surface area contributed by atoms with Crippen LogP contribution in [-0.2, 0) is 9.59 Å². The molecular formula is C14H14O3. The highest BCUT2D eigenvalue weighted by Crippen LogP contribution is 2.55. The van der Waals surface area contributed by atoms with Gasteiger partial charge in [-0.2, -0.15) is 0 Å². The first-order chi connectivity index (χ1) is 8.16. The summed E-state index contributed by atoms with van der Waals surface area (Å²) in [6, 6.07) is 7.38. The largest absolute Gasteiger partial charge is 0.426 e. The summed E-state index contributed by atoms with van der Waals surface area (Å²) in [7, 11) is 0. The van der Waals surface area contributed by atoms with Crippen LogP contribution in [-0.4, -0.2) is 11.8 Å². The van der Waals surface area contributed by atoms with Gasteiger partial charge < -0.3 is 4.74 Å². The van der Waals surface area contributed by atoms with Gasteiger partial charge in [-0.15, -0.1) is 0 Å². The maximum Gasteiger partial charge on any atom is 0.315 e. The van der Waals surface area contributed by atoms with Gasteiger partial charge in [0.25, 0.3) is 0 Å². The molecule has 2 aliphatic carbocycles. The van der Waals surface area contributed by atoms with E-state index in [1.54, 1.807) is 12.1 Å². The third-order valence-electron chi connectivity index (χ3n) is 3.78. The number of rotatable bonds is 2. The summed E-state index contributed by atoms with van der Waals surface area (Å²) in [5, 5.41) is 0. The summed E-state index contributed by atoms with van der Waals surface area (Å²) in [6.45, 7) is 1.98. The Hall–Kier alpha value is -1.64. The highest BCUT2D eigenvalue weighted by Gasteiger charge is 2.62. The van der Waals surface area contributed by atoms with Gasteiger partial charge in [-0.25, -0.2) is 0 Å². The van der Waals surface area contributed by atoms with Crippen molar-refractivity contribution < 1.29 is 14.3 Å². The summed E-state index contributed by atoms with van der Waals surface area (Å²) in [5.41, 5.74) is 1.13. The first-order valence-corrected chi connectivity index (χ1v) is 5.98. The molecular weight excluding hydrogens is 216 g/mol. The standard InChI is InChI=1S/C14H14O3/c1-8-2-4-9(5-3-8)17-14(16)13-10-6-7-11(15)12(10)13/h2-5,10,12-13H,6-7H2,1H3. The van der Waals surface area contributed by atoms with Gasteiger partial charge in [-0.05, 0) is 31.4 Å². The van der Waals surface area contributed by atoms with E-state index in [2.05, 4.69) is 0 Å². The number of aryl methyl sites for hydroxylation is 1. The Bertz CT molecular complexity index is 475. The SMILES string of the molecule is Cc1ccc(OC(=O)C2C3CCC(=O)C32)cc1. The minimum absolute atomic E-state index is 0.0343. The molecule has 17 heavy (non-hydrogen) atoms. The van der Waals surface area contributed by atoms with Crippen LogP contribution >= 0.6 is 0 Å². The van der Waals surface area contributed by atoms with Crippen molar-refractivity contribution in [2.75, 3.05) is 0 Å². The molecule has 3 nitrogen and oxygen atoms in total. The van der Waals surface area contributed by atoms with Gasteiger partial charge in [-0.1, -0.05) is 17.7 Å². The van der Waals surface area contributed by atoms with Crippen LogP contribution in [0.3, 0.4) is 0 Å². The molecule has 88 valence electrons. The predicted octanol–water partition coefficient (Wildman–Crippen LogP) is 2.13. The molecule has 0 aromatic heterocycles. The van der Waals surface area contributed by atoms with E-state index < -0.39 is 0 Å². The van der Waals surface area contributed by atoms with Crippen molar-refractivity contribution in [1.29, 1.82) is 0 Å². The summed E-state index contributed by atoms with van der Waals surface area (Å²) >= 11 is 0. The number of fused-ring (bicyclic) bond motifs is 1. The normalized spacial score (nSPS) is 29.9. The van der Waals surface area contributed by atoms with Crippen molar-refractivity contribution >= 4 is 11.8 Å². The summed E-state index contributed by atoms with van der Waals surface area (Å²) in [5.74, 6) is 0.627. The fourth-order valence-corrected chi connectivity index (χ4v) is 2.76. The van der Waals surface area contributed by atoms with Gasteiger partial charge in [0.05, 0.1) is 5.92 Å². The fourth-order valence-electron chi connectivity index (χ4n) is 2.76. The number of Topliss-reactive ketones (excluding diaryl/α,β-unsaturated/α-hetero) is 1. The lowest BCUT2D eigenvalue weighted by Crippen LogP contribution is -2.15. The van der Waals surface area contributed by atoms with E-state index in [1.165, 1.54) is 0 Å². The van der Waals surface area contributed by atoms with Crippen LogP contribution in [0.1, 0.15) is 18.4 Å². The number of hydrogen-bond acceptors (Lipinski definition) is 3. The van der Waals surface area contributed by atoms with E-state index in [4.69, 9.17) is 4.74 Å². The van der Waals surface area contributed by atoms with E-state index in [9.17, 15) is 9.59 Å². The molecule has 0 radical (unpaired) electrons. The zero-order chi connectivity index (χ0) is 12.0.